The third-order valence-corrected chi connectivity index (χ3v) is 3.93. The molecule has 1 unspecified atom stereocenters. The summed E-state index contributed by atoms with van der Waals surface area (Å²) in [6.45, 7) is 0.686. The molecule has 0 saturated carbocycles. The van der Waals surface area contributed by atoms with Gasteiger partial charge in [0.15, 0.2) is 0 Å². The highest BCUT2D eigenvalue weighted by molar-refractivity contribution is 9.10. The third-order valence-electron chi connectivity index (χ3n) is 3.46. The average molecular weight is 317 g/mol. The first-order chi connectivity index (χ1) is 9.24. The molecule has 3 nitrogen and oxygen atoms in total. The van der Waals surface area contributed by atoms with Gasteiger partial charge in [-0.3, -0.25) is 4.79 Å². The Kier molecular flexibility index (Phi) is 3.34. The molecule has 1 N–H and O–H groups in total. The Morgan fingerprint density at radius 1 is 1.32 bits per heavy atom. The third kappa shape index (κ3) is 2.54. The largest absolute Gasteiger partial charge is 0.351 e. The Bertz CT molecular complexity index is 610. The quantitative estimate of drug-likeness (QED) is 0.885. The zero-order valence-electron chi connectivity index (χ0n) is 10.3. The van der Waals surface area contributed by atoms with Gasteiger partial charge in [-0.1, -0.05) is 24.3 Å². The zero-order chi connectivity index (χ0) is 13.2. The SMILES string of the molecule is O=C(NCC1Cc2ccccc21)c1ccc(Br)nc1. The van der Waals surface area contributed by atoms with E-state index in [1.807, 2.05) is 6.07 Å². The minimum absolute atomic E-state index is 0.0654. The van der Waals surface area contributed by atoms with Gasteiger partial charge in [0.05, 0.1) is 5.56 Å². The summed E-state index contributed by atoms with van der Waals surface area (Å²) < 4.78 is 0.733. The second-order valence-corrected chi connectivity index (χ2v) is 5.49. The van der Waals surface area contributed by atoms with Crippen LogP contribution in [0.2, 0.25) is 0 Å². The average Bonchev–Trinajstić information content (AvgIpc) is 2.40. The summed E-state index contributed by atoms with van der Waals surface area (Å²) in [6, 6.07) is 11.9. The van der Waals surface area contributed by atoms with Crippen LogP contribution in [0.5, 0.6) is 0 Å². The number of halogens is 1. The summed E-state index contributed by atoms with van der Waals surface area (Å²) in [7, 11) is 0. The number of pyridine rings is 1. The number of carbonyl (C=O) groups is 1. The minimum atomic E-state index is -0.0654. The van der Waals surface area contributed by atoms with Crippen molar-refractivity contribution in [3.05, 3.63) is 63.9 Å². The van der Waals surface area contributed by atoms with Crippen LogP contribution in [0.15, 0.2) is 47.2 Å². The molecule has 1 aromatic heterocycles. The van der Waals surface area contributed by atoms with Gasteiger partial charge >= 0.3 is 0 Å². The fourth-order valence-corrected chi connectivity index (χ4v) is 2.61. The van der Waals surface area contributed by atoms with Crippen LogP contribution in [0, 0.1) is 0 Å². The number of rotatable bonds is 3. The van der Waals surface area contributed by atoms with Gasteiger partial charge in [-0.15, -0.1) is 0 Å². The Balaban J connectivity index is 1.59. The highest BCUT2D eigenvalue weighted by Crippen LogP contribution is 2.33. The molecule has 0 spiro atoms. The van der Waals surface area contributed by atoms with Crippen molar-refractivity contribution in [2.24, 2.45) is 0 Å². The van der Waals surface area contributed by atoms with Crippen LogP contribution < -0.4 is 5.32 Å². The smallest absolute Gasteiger partial charge is 0.252 e. The summed E-state index contributed by atoms with van der Waals surface area (Å²) in [4.78, 5) is 16.0. The maximum absolute atomic E-state index is 11.9. The number of nitrogens with zero attached hydrogens (tertiary/aromatic N) is 1. The minimum Gasteiger partial charge on any atom is -0.351 e. The number of benzene rings is 1. The van der Waals surface area contributed by atoms with E-state index in [-0.39, 0.29) is 5.91 Å². The molecule has 0 aliphatic heterocycles. The molecule has 2 aromatic rings. The van der Waals surface area contributed by atoms with E-state index < -0.39 is 0 Å². The fourth-order valence-electron chi connectivity index (χ4n) is 2.37. The van der Waals surface area contributed by atoms with Gasteiger partial charge in [-0.25, -0.2) is 4.98 Å². The van der Waals surface area contributed by atoms with Crippen LogP contribution in [0.4, 0.5) is 0 Å². The molecule has 1 aromatic carbocycles. The monoisotopic (exact) mass is 316 g/mol. The summed E-state index contributed by atoms with van der Waals surface area (Å²) >= 11 is 3.25. The first-order valence-corrected chi connectivity index (χ1v) is 7.01. The second-order valence-electron chi connectivity index (χ2n) is 4.68. The molecule has 1 atom stereocenters. The van der Waals surface area contributed by atoms with Crippen LogP contribution in [0.3, 0.4) is 0 Å². The van der Waals surface area contributed by atoms with Crippen LogP contribution in [-0.4, -0.2) is 17.4 Å². The standard InChI is InChI=1S/C15H13BrN2O/c16-14-6-5-11(8-17-14)15(19)18-9-12-7-10-3-1-2-4-13(10)12/h1-6,8,12H,7,9H2,(H,18,19). The molecule has 4 heteroatoms. The van der Waals surface area contributed by atoms with E-state index in [0.717, 1.165) is 11.0 Å². The number of aromatic nitrogens is 1. The predicted molar refractivity (Wildman–Crippen MR) is 77.2 cm³/mol. The fraction of sp³-hybridized carbons (Fsp3) is 0.200. The normalized spacial score (nSPS) is 16.4. The van der Waals surface area contributed by atoms with E-state index in [9.17, 15) is 4.79 Å². The van der Waals surface area contributed by atoms with Crippen molar-refractivity contribution in [1.29, 1.82) is 0 Å². The van der Waals surface area contributed by atoms with Gasteiger partial charge in [0.25, 0.3) is 5.91 Å². The summed E-state index contributed by atoms with van der Waals surface area (Å²) in [5, 5.41) is 2.97. The maximum Gasteiger partial charge on any atom is 0.252 e. The van der Waals surface area contributed by atoms with E-state index in [1.165, 1.54) is 11.1 Å². The number of carbonyl (C=O) groups excluding carboxylic acids is 1. The van der Waals surface area contributed by atoms with E-state index in [2.05, 4.69) is 44.4 Å². The molecule has 1 amide bonds. The number of amides is 1. The van der Waals surface area contributed by atoms with Gasteiger partial charge in [0, 0.05) is 18.7 Å². The first-order valence-electron chi connectivity index (χ1n) is 6.21. The summed E-state index contributed by atoms with van der Waals surface area (Å²) in [6.07, 6.45) is 2.63. The Morgan fingerprint density at radius 3 is 2.89 bits per heavy atom. The van der Waals surface area contributed by atoms with Crippen molar-refractivity contribution < 1.29 is 4.79 Å². The molecule has 0 bridgehead atoms. The van der Waals surface area contributed by atoms with Crippen molar-refractivity contribution >= 4 is 21.8 Å². The topological polar surface area (TPSA) is 42.0 Å². The lowest BCUT2D eigenvalue weighted by atomic mass is 9.77. The van der Waals surface area contributed by atoms with Crippen molar-refractivity contribution in [3.63, 3.8) is 0 Å². The Morgan fingerprint density at radius 2 is 2.16 bits per heavy atom. The molecule has 1 aliphatic rings. The Labute approximate surface area is 120 Å². The molecule has 0 fully saturated rings. The van der Waals surface area contributed by atoms with Crippen molar-refractivity contribution in [3.8, 4) is 0 Å². The van der Waals surface area contributed by atoms with Crippen LogP contribution >= 0.6 is 15.9 Å². The lowest BCUT2D eigenvalue weighted by Crippen LogP contribution is -2.33. The predicted octanol–water partition coefficient (Wildman–Crippen LogP) is 2.91. The highest BCUT2D eigenvalue weighted by Gasteiger charge is 2.25. The first kappa shape index (κ1) is 12.4. The Hall–Kier alpha value is -1.68. The lowest BCUT2D eigenvalue weighted by molar-refractivity contribution is 0.0949. The molecule has 0 radical (unpaired) electrons. The number of hydrogen-bond donors (Lipinski definition) is 1. The molecule has 3 rings (SSSR count). The lowest BCUT2D eigenvalue weighted by Gasteiger charge is -2.30. The highest BCUT2D eigenvalue weighted by atomic mass is 79.9. The van der Waals surface area contributed by atoms with Gasteiger partial charge in [-0.2, -0.15) is 0 Å². The summed E-state index contributed by atoms with van der Waals surface area (Å²) in [5.41, 5.74) is 3.35. The number of nitrogens with one attached hydrogen (secondary N) is 1. The maximum atomic E-state index is 11.9. The molecular formula is C15H13BrN2O. The van der Waals surface area contributed by atoms with E-state index in [0.29, 0.717) is 18.0 Å². The van der Waals surface area contributed by atoms with Crippen molar-refractivity contribution in [1.82, 2.24) is 10.3 Å². The molecule has 1 aliphatic carbocycles. The van der Waals surface area contributed by atoms with E-state index >= 15 is 0 Å². The number of hydrogen-bond acceptors (Lipinski definition) is 2. The van der Waals surface area contributed by atoms with Crippen molar-refractivity contribution in [2.45, 2.75) is 12.3 Å². The van der Waals surface area contributed by atoms with Crippen molar-refractivity contribution in [2.75, 3.05) is 6.54 Å². The van der Waals surface area contributed by atoms with E-state index in [4.69, 9.17) is 0 Å². The van der Waals surface area contributed by atoms with Crippen LogP contribution in [-0.2, 0) is 6.42 Å². The van der Waals surface area contributed by atoms with Gasteiger partial charge in [0.2, 0.25) is 0 Å². The summed E-state index contributed by atoms with van der Waals surface area (Å²) in [5.74, 6) is 0.382. The van der Waals surface area contributed by atoms with Gasteiger partial charge < -0.3 is 5.32 Å². The molecule has 96 valence electrons. The van der Waals surface area contributed by atoms with Gasteiger partial charge in [0.1, 0.15) is 4.60 Å². The second kappa shape index (κ2) is 5.13. The zero-order valence-corrected chi connectivity index (χ0v) is 11.9. The number of fused-ring (bicyclic) bond motifs is 1. The molecule has 1 heterocycles. The van der Waals surface area contributed by atoms with Crippen LogP contribution in [0.25, 0.3) is 0 Å². The van der Waals surface area contributed by atoms with Crippen LogP contribution in [0.1, 0.15) is 27.4 Å². The molecule has 0 saturated heterocycles. The van der Waals surface area contributed by atoms with E-state index in [1.54, 1.807) is 18.3 Å². The molecular weight excluding hydrogens is 304 g/mol. The van der Waals surface area contributed by atoms with Gasteiger partial charge in [-0.05, 0) is 45.6 Å². The molecule has 19 heavy (non-hydrogen) atoms.